The lowest BCUT2D eigenvalue weighted by Crippen LogP contribution is -2.63. The number of likely N-dealkylation sites (tertiary alicyclic amines) is 1. The van der Waals surface area contributed by atoms with Crippen LogP contribution in [0.4, 0.5) is 14.6 Å². The second kappa shape index (κ2) is 8.23. The van der Waals surface area contributed by atoms with Gasteiger partial charge in [0.15, 0.2) is 5.82 Å². The van der Waals surface area contributed by atoms with E-state index in [1.54, 1.807) is 42.6 Å². The topological polar surface area (TPSA) is 62.2 Å². The first-order valence-electron chi connectivity index (χ1n) is 11.4. The van der Waals surface area contributed by atoms with Crippen LogP contribution in [-0.2, 0) is 4.79 Å². The maximum absolute atomic E-state index is 15.8. The lowest BCUT2D eigenvalue weighted by atomic mass is 9.96. The standard InChI is InChI=1S/C26H20ClF2N5O/c1-2-4-20(35)33-10-9-18-19(33)12-34(18)26-16-11-30-24(23(29)25(16)31-13-32-26)15-6-3-5-14-7-8-17(28)22(27)21(14)15/h2-8,11,13,18-19H,9-10,12H2,1H3/b4-2+/t18-,19-/m1/s1. The van der Waals surface area contributed by atoms with Crippen LogP contribution in [0.5, 0.6) is 0 Å². The van der Waals surface area contributed by atoms with Gasteiger partial charge in [-0.15, -0.1) is 0 Å². The number of benzene rings is 2. The summed E-state index contributed by atoms with van der Waals surface area (Å²) in [5.41, 5.74) is 0.572. The molecule has 2 fully saturated rings. The highest BCUT2D eigenvalue weighted by atomic mass is 35.5. The summed E-state index contributed by atoms with van der Waals surface area (Å²) in [6.07, 6.45) is 7.03. The second-order valence-corrected chi connectivity index (χ2v) is 9.13. The quantitative estimate of drug-likeness (QED) is 0.371. The average Bonchev–Trinajstić information content (AvgIpc) is 3.18. The minimum Gasteiger partial charge on any atom is -0.349 e. The Bertz CT molecular complexity index is 1540. The molecule has 0 spiro atoms. The summed E-state index contributed by atoms with van der Waals surface area (Å²) in [6.45, 7) is 3.11. The van der Waals surface area contributed by atoms with Crippen molar-refractivity contribution in [3.05, 3.63) is 71.7 Å². The first kappa shape index (κ1) is 21.9. The molecule has 6 rings (SSSR count). The Kier molecular flexibility index (Phi) is 5.14. The zero-order valence-electron chi connectivity index (χ0n) is 18.8. The third kappa shape index (κ3) is 3.27. The molecule has 0 saturated carbocycles. The number of fused-ring (bicyclic) bond motifs is 3. The number of rotatable bonds is 3. The molecule has 6 nitrogen and oxygen atoms in total. The molecule has 2 aliphatic rings. The molecule has 0 unspecified atom stereocenters. The lowest BCUT2D eigenvalue weighted by Gasteiger charge is -2.47. The molecular weight excluding hydrogens is 472 g/mol. The number of aromatic nitrogens is 3. The van der Waals surface area contributed by atoms with Gasteiger partial charge in [0.25, 0.3) is 0 Å². The fourth-order valence-electron chi connectivity index (χ4n) is 5.28. The monoisotopic (exact) mass is 491 g/mol. The van der Waals surface area contributed by atoms with Gasteiger partial charge in [-0.3, -0.25) is 9.78 Å². The van der Waals surface area contributed by atoms with Crippen molar-refractivity contribution in [2.24, 2.45) is 0 Å². The average molecular weight is 492 g/mol. The van der Waals surface area contributed by atoms with Crippen LogP contribution >= 0.6 is 11.6 Å². The van der Waals surface area contributed by atoms with E-state index in [2.05, 4.69) is 19.9 Å². The normalized spacial score (nSPS) is 19.5. The van der Waals surface area contributed by atoms with Gasteiger partial charge in [0.1, 0.15) is 29.2 Å². The first-order valence-corrected chi connectivity index (χ1v) is 11.7. The van der Waals surface area contributed by atoms with Gasteiger partial charge in [-0.2, -0.15) is 0 Å². The number of nitrogens with zero attached hydrogens (tertiary/aromatic N) is 5. The number of hydrogen-bond donors (Lipinski definition) is 0. The highest BCUT2D eigenvalue weighted by Crippen LogP contribution is 2.40. The lowest BCUT2D eigenvalue weighted by molar-refractivity contribution is -0.127. The van der Waals surface area contributed by atoms with E-state index in [1.165, 1.54) is 12.4 Å². The highest BCUT2D eigenvalue weighted by molar-refractivity contribution is 6.36. The first-order chi connectivity index (χ1) is 17.0. The van der Waals surface area contributed by atoms with Crippen molar-refractivity contribution in [3.8, 4) is 11.3 Å². The Balaban J connectivity index is 1.41. The zero-order chi connectivity index (χ0) is 24.3. The van der Waals surface area contributed by atoms with Crippen molar-refractivity contribution in [1.82, 2.24) is 19.9 Å². The number of halogens is 3. The number of allylic oxidation sites excluding steroid dienone is 1. The fourth-order valence-corrected chi connectivity index (χ4v) is 5.55. The van der Waals surface area contributed by atoms with Crippen LogP contribution in [0.2, 0.25) is 5.02 Å². The van der Waals surface area contributed by atoms with Gasteiger partial charge < -0.3 is 9.80 Å². The number of carbonyl (C=O) groups is 1. The molecule has 2 aliphatic heterocycles. The van der Waals surface area contributed by atoms with Crippen molar-refractivity contribution in [2.75, 3.05) is 18.0 Å². The minimum absolute atomic E-state index is 0.00901. The SMILES string of the molecule is C/C=C/C(=O)N1CC[C@@H]2[C@H]1CN2c1ncnc2c(F)c(-c3cccc4ccc(F)c(Cl)c34)ncc12. The van der Waals surface area contributed by atoms with Crippen LogP contribution in [0.25, 0.3) is 32.9 Å². The number of hydrogen-bond acceptors (Lipinski definition) is 5. The van der Waals surface area contributed by atoms with Crippen LogP contribution in [-0.4, -0.2) is 50.9 Å². The van der Waals surface area contributed by atoms with Crippen molar-refractivity contribution in [3.63, 3.8) is 0 Å². The summed E-state index contributed by atoms with van der Waals surface area (Å²) in [5, 5.41) is 1.50. The smallest absolute Gasteiger partial charge is 0.246 e. The van der Waals surface area contributed by atoms with Gasteiger partial charge in [-0.25, -0.2) is 18.7 Å². The number of anilines is 1. The molecule has 2 aromatic carbocycles. The molecule has 2 aromatic heterocycles. The predicted octanol–water partition coefficient (Wildman–Crippen LogP) is 5.14. The molecule has 0 radical (unpaired) electrons. The molecule has 0 bridgehead atoms. The van der Waals surface area contributed by atoms with Crippen LogP contribution in [0.3, 0.4) is 0 Å². The van der Waals surface area contributed by atoms with Crippen molar-refractivity contribution >= 4 is 45.0 Å². The van der Waals surface area contributed by atoms with E-state index in [1.807, 2.05) is 11.8 Å². The molecule has 35 heavy (non-hydrogen) atoms. The Morgan fingerprint density at radius 3 is 2.83 bits per heavy atom. The molecule has 4 aromatic rings. The Labute approximate surface area is 204 Å². The molecule has 9 heteroatoms. The van der Waals surface area contributed by atoms with E-state index in [-0.39, 0.29) is 34.2 Å². The van der Waals surface area contributed by atoms with Crippen LogP contribution in [0, 0.1) is 11.6 Å². The molecule has 1 amide bonds. The largest absolute Gasteiger partial charge is 0.349 e. The van der Waals surface area contributed by atoms with Crippen molar-refractivity contribution in [2.45, 2.75) is 25.4 Å². The van der Waals surface area contributed by atoms with E-state index in [0.29, 0.717) is 40.6 Å². The van der Waals surface area contributed by atoms with Gasteiger partial charge in [0.2, 0.25) is 5.91 Å². The number of carbonyl (C=O) groups excluding carboxylic acids is 1. The van der Waals surface area contributed by atoms with Crippen molar-refractivity contribution < 1.29 is 13.6 Å². The maximum atomic E-state index is 15.8. The number of pyridine rings is 1. The van der Waals surface area contributed by atoms with E-state index in [4.69, 9.17) is 11.6 Å². The molecule has 0 N–H and O–H groups in total. The Morgan fingerprint density at radius 1 is 1.14 bits per heavy atom. The van der Waals surface area contributed by atoms with Gasteiger partial charge in [-0.1, -0.05) is 41.9 Å². The summed E-state index contributed by atoms with van der Waals surface area (Å²) in [5.74, 6) is -0.595. The van der Waals surface area contributed by atoms with Crippen LogP contribution < -0.4 is 4.90 Å². The third-order valence-corrected chi connectivity index (χ3v) is 7.32. The zero-order valence-corrected chi connectivity index (χ0v) is 19.5. The van der Waals surface area contributed by atoms with E-state index >= 15 is 4.39 Å². The fraction of sp³-hybridized carbons (Fsp3) is 0.231. The van der Waals surface area contributed by atoms with E-state index < -0.39 is 11.6 Å². The third-order valence-electron chi connectivity index (χ3n) is 6.95. The Morgan fingerprint density at radius 2 is 2.00 bits per heavy atom. The van der Waals surface area contributed by atoms with E-state index in [9.17, 15) is 9.18 Å². The summed E-state index contributed by atoms with van der Waals surface area (Å²) in [7, 11) is 0. The highest BCUT2D eigenvalue weighted by Gasteiger charge is 2.49. The molecule has 2 saturated heterocycles. The number of amides is 1. The van der Waals surface area contributed by atoms with Crippen LogP contribution in [0.15, 0.2) is 55.0 Å². The molecule has 4 heterocycles. The molecular formula is C26H20ClF2N5O. The summed E-state index contributed by atoms with van der Waals surface area (Å²) in [4.78, 5) is 29.4. The summed E-state index contributed by atoms with van der Waals surface area (Å²) < 4.78 is 30.0. The maximum Gasteiger partial charge on any atom is 0.246 e. The Hall–Kier alpha value is -3.65. The van der Waals surface area contributed by atoms with Gasteiger partial charge >= 0.3 is 0 Å². The van der Waals surface area contributed by atoms with Gasteiger partial charge in [0.05, 0.1) is 22.5 Å². The molecule has 2 atom stereocenters. The molecule has 0 aliphatic carbocycles. The van der Waals surface area contributed by atoms with Gasteiger partial charge in [0, 0.05) is 30.2 Å². The summed E-state index contributed by atoms with van der Waals surface area (Å²) >= 11 is 6.26. The molecule has 176 valence electrons. The predicted molar refractivity (Wildman–Crippen MR) is 131 cm³/mol. The van der Waals surface area contributed by atoms with E-state index in [0.717, 1.165) is 6.42 Å². The summed E-state index contributed by atoms with van der Waals surface area (Å²) in [6, 6.07) is 8.32. The van der Waals surface area contributed by atoms with Crippen LogP contribution in [0.1, 0.15) is 13.3 Å². The van der Waals surface area contributed by atoms with Gasteiger partial charge in [-0.05, 0) is 30.9 Å². The second-order valence-electron chi connectivity index (χ2n) is 8.75. The minimum atomic E-state index is -0.618. The van der Waals surface area contributed by atoms with Crippen molar-refractivity contribution in [1.29, 1.82) is 0 Å².